The van der Waals surface area contributed by atoms with E-state index in [9.17, 15) is 26.4 Å². The van der Waals surface area contributed by atoms with E-state index in [1.54, 1.807) is 6.92 Å². The average molecular weight is 485 g/mol. The van der Waals surface area contributed by atoms with E-state index in [0.717, 1.165) is 6.26 Å². The van der Waals surface area contributed by atoms with Crippen LogP contribution in [0.3, 0.4) is 0 Å². The number of carbonyl (C=O) groups excluding carboxylic acids is 1. The van der Waals surface area contributed by atoms with Crippen molar-refractivity contribution in [3.05, 3.63) is 87.2 Å². The number of halogens is 4. The maximum atomic E-state index is 13.9. The molecule has 32 heavy (non-hydrogen) atoms. The van der Waals surface area contributed by atoms with E-state index >= 15 is 0 Å². The molecule has 0 saturated heterocycles. The Morgan fingerprint density at radius 3 is 2.12 bits per heavy atom. The van der Waals surface area contributed by atoms with Gasteiger partial charge in [-0.2, -0.15) is 13.2 Å². The maximum Gasteiger partial charge on any atom is 0.418 e. The van der Waals surface area contributed by atoms with Crippen LogP contribution in [-0.2, 0) is 16.2 Å². The Morgan fingerprint density at radius 2 is 1.62 bits per heavy atom. The summed E-state index contributed by atoms with van der Waals surface area (Å²) in [7, 11) is -3.48. The van der Waals surface area contributed by atoms with Crippen LogP contribution >= 0.6 is 11.6 Å². The summed E-state index contributed by atoms with van der Waals surface area (Å²) >= 11 is 5.83. The first kappa shape index (κ1) is 23.9. The van der Waals surface area contributed by atoms with Crippen molar-refractivity contribution in [3.63, 3.8) is 0 Å². The third kappa shape index (κ3) is 5.16. The number of ketones is 1. The standard InChI is InChI=1S/C22H20ClF3N2O3S/c1-12(14-6-10-17(11-7-14)28-32(3,30)31)19-18(22(24,25)26)13(2)20(27-19)21(29)15-4-8-16(23)9-5-15/h4-12,27-28H,1-3H3. The van der Waals surface area contributed by atoms with Crippen LogP contribution in [0.1, 0.15) is 51.3 Å². The molecule has 3 rings (SSSR count). The number of anilines is 1. The summed E-state index contributed by atoms with van der Waals surface area (Å²) in [6.45, 7) is 2.84. The Bertz CT molecular complexity index is 1250. The number of rotatable bonds is 6. The number of hydrogen-bond donors (Lipinski definition) is 2. The molecular weight excluding hydrogens is 465 g/mol. The normalized spacial score (nSPS) is 13.1. The molecule has 3 aromatic rings. The van der Waals surface area contributed by atoms with Crippen molar-refractivity contribution in [2.45, 2.75) is 25.9 Å². The molecule has 10 heteroatoms. The van der Waals surface area contributed by atoms with E-state index in [2.05, 4.69) is 9.71 Å². The number of H-pyrrole nitrogens is 1. The number of alkyl halides is 3. The summed E-state index contributed by atoms with van der Waals surface area (Å²) in [6.07, 6.45) is -3.68. The highest BCUT2D eigenvalue weighted by Gasteiger charge is 2.40. The molecule has 1 aromatic heterocycles. The minimum atomic E-state index is -4.68. The second kappa shape index (κ2) is 8.63. The monoisotopic (exact) mass is 484 g/mol. The second-order valence-electron chi connectivity index (χ2n) is 7.47. The number of nitrogens with one attached hydrogen (secondary N) is 2. The van der Waals surface area contributed by atoms with Crippen LogP contribution in [0.25, 0.3) is 0 Å². The Hall–Kier alpha value is -2.78. The molecule has 0 aliphatic heterocycles. The SMILES string of the molecule is Cc1c(C(=O)c2ccc(Cl)cc2)[nH]c(C(C)c2ccc(NS(C)(=O)=O)cc2)c1C(F)(F)F. The zero-order valence-corrected chi connectivity index (χ0v) is 18.9. The number of sulfonamides is 1. The maximum absolute atomic E-state index is 13.9. The van der Waals surface area contributed by atoms with Crippen LogP contribution in [0.4, 0.5) is 18.9 Å². The number of aromatic nitrogens is 1. The number of benzene rings is 2. The summed E-state index contributed by atoms with van der Waals surface area (Å²) in [6, 6.07) is 11.9. The van der Waals surface area contributed by atoms with Gasteiger partial charge in [-0.05, 0) is 54.4 Å². The van der Waals surface area contributed by atoms with Gasteiger partial charge in [0.1, 0.15) is 0 Å². The lowest BCUT2D eigenvalue weighted by molar-refractivity contribution is -0.138. The van der Waals surface area contributed by atoms with Gasteiger partial charge in [-0.3, -0.25) is 9.52 Å². The molecule has 0 aliphatic rings. The van der Waals surface area contributed by atoms with Crippen molar-refractivity contribution in [2.75, 3.05) is 11.0 Å². The van der Waals surface area contributed by atoms with Crippen LogP contribution in [0.15, 0.2) is 48.5 Å². The fourth-order valence-electron chi connectivity index (χ4n) is 3.50. The van der Waals surface area contributed by atoms with Gasteiger partial charge >= 0.3 is 6.18 Å². The van der Waals surface area contributed by atoms with Crippen LogP contribution in [0, 0.1) is 6.92 Å². The quantitative estimate of drug-likeness (QED) is 0.437. The molecule has 0 aliphatic carbocycles. The fourth-order valence-corrected chi connectivity index (χ4v) is 4.19. The summed E-state index contributed by atoms with van der Waals surface area (Å²) in [5, 5.41) is 0.406. The topological polar surface area (TPSA) is 79.0 Å². The third-order valence-electron chi connectivity index (χ3n) is 5.04. The highest BCUT2D eigenvalue weighted by molar-refractivity contribution is 7.92. The van der Waals surface area contributed by atoms with E-state index in [1.165, 1.54) is 55.5 Å². The van der Waals surface area contributed by atoms with Crippen molar-refractivity contribution in [1.82, 2.24) is 4.98 Å². The van der Waals surface area contributed by atoms with Crippen molar-refractivity contribution in [3.8, 4) is 0 Å². The lowest BCUT2D eigenvalue weighted by Gasteiger charge is -2.16. The first-order valence-corrected chi connectivity index (χ1v) is 11.7. The molecule has 5 nitrogen and oxygen atoms in total. The van der Waals surface area contributed by atoms with E-state index in [0.29, 0.717) is 16.3 Å². The third-order valence-corrected chi connectivity index (χ3v) is 5.90. The highest BCUT2D eigenvalue weighted by Crippen LogP contribution is 2.41. The molecule has 0 radical (unpaired) electrons. The van der Waals surface area contributed by atoms with Gasteiger partial charge in [0, 0.05) is 27.9 Å². The summed E-state index contributed by atoms with van der Waals surface area (Å²) < 4.78 is 66.8. The van der Waals surface area contributed by atoms with Crippen molar-refractivity contribution in [2.24, 2.45) is 0 Å². The van der Waals surface area contributed by atoms with Crippen LogP contribution in [0.5, 0.6) is 0 Å². The smallest absolute Gasteiger partial charge is 0.354 e. The first-order chi connectivity index (χ1) is 14.8. The Labute approximate surface area is 188 Å². The predicted molar refractivity (Wildman–Crippen MR) is 118 cm³/mol. The van der Waals surface area contributed by atoms with E-state index in [1.807, 2.05) is 0 Å². The van der Waals surface area contributed by atoms with Crippen LogP contribution < -0.4 is 4.72 Å². The predicted octanol–water partition coefficient (Wildman–Crippen LogP) is 5.75. The zero-order valence-electron chi connectivity index (χ0n) is 17.3. The molecule has 0 bridgehead atoms. The van der Waals surface area contributed by atoms with Gasteiger partial charge in [-0.15, -0.1) is 0 Å². The van der Waals surface area contributed by atoms with Gasteiger partial charge in [0.05, 0.1) is 17.5 Å². The molecule has 2 aromatic carbocycles. The molecule has 170 valence electrons. The van der Waals surface area contributed by atoms with Gasteiger partial charge in [0.2, 0.25) is 15.8 Å². The van der Waals surface area contributed by atoms with Crippen LogP contribution in [-0.4, -0.2) is 25.4 Å². The number of aromatic amines is 1. The zero-order chi connectivity index (χ0) is 23.8. The molecule has 1 atom stereocenters. The van der Waals surface area contributed by atoms with E-state index in [-0.39, 0.29) is 22.5 Å². The average Bonchev–Trinajstić information content (AvgIpc) is 3.04. The first-order valence-electron chi connectivity index (χ1n) is 9.45. The molecule has 1 heterocycles. The van der Waals surface area contributed by atoms with E-state index < -0.39 is 33.5 Å². The lowest BCUT2D eigenvalue weighted by atomic mass is 9.93. The second-order valence-corrected chi connectivity index (χ2v) is 9.65. The van der Waals surface area contributed by atoms with Gasteiger partial charge in [0.25, 0.3) is 0 Å². The van der Waals surface area contributed by atoms with Gasteiger partial charge in [-0.25, -0.2) is 8.42 Å². The minimum absolute atomic E-state index is 0.142. The molecule has 0 amide bonds. The summed E-state index contributed by atoms with van der Waals surface area (Å²) in [5.74, 6) is -1.32. The Balaban J connectivity index is 2.04. The Morgan fingerprint density at radius 1 is 1.06 bits per heavy atom. The number of hydrogen-bond acceptors (Lipinski definition) is 3. The molecule has 0 fully saturated rings. The fraction of sp³-hybridized carbons (Fsp3) is 0.227. The van der Waals surface area contributed by atoms with Crippen LogP contribution in [0.2, 0.25) is 5.02 Å². The molecule has 0 saturated carbocycles. The van der Waals surface area contributed by atoms with Crippen molar-refractivity contribution < 1.29 is 26.4 Å². The molecule has 2 N–H and O–H groups in total. The van der Waals surface area contributed by atoms with E-state index in [4.69, 9.17) is 11.6 Å². The van der Waals surface area contributed by atoms with Gasteiger partial charge in [0.15, 0.2) is 0 Å². The minimum Gasteiger partial charge on any atom is -0.354 e. The van der Waals surface area contributed by atoms with Crippen molar-refractivity contribution >= 4 is 33.1 Å². The molecular formula is C22H20ClF3N2O3S. The number of carbonyl (C=O) groups is 1. The lowest BCUT2D eigenvalue weighted by Crippen LogP contribution is -2.12. The summed E-state index contributed by atoms with van der Waals surface area (Å²) in [4.78, 5) is 15.6. The largest absolute Gasteiger partial charge is 0.418 e. The summed E-state index contributed by atoms with van der Waals surface area (Å²) in [5.41, 5.74) is -0.340. The molecule has 0 spiro atoms. The Kier molecular flexibility index (Phi) is 6.44. The van der Waals surface area contributed by atoms with Gasteiger partial charge < -0.3 is 4.98 Å². The molecule has 1 unspecified atom stereocenters. The van der Waals surface area contributed by atoms with Gasteiger partial charge in [-0.1, -0.05) is 30.7 Å². The highest BCUT2D eigenvalue weighted by atomic mass is 35.5. The van der Waals surface area contributed by atoms with Crippen molar-refractivity contribution in [1.29, 1.82) is 0 Å².